The summed E-state index contributed by atoms with van der Waals surface area (Å²) in [4.78, 5) is 0. The Morgan fingerprint density at radius 1 is 0.917 bits per heavy atom. The van der Waals surface area contributed by atoms with Crippen LogP contribution >= 0.6 is 0 Å². The Kier molecular flexibility index (Phi) is 1.63. The van der Waals surface area contributed by atoms with E-state index in [-0.39, 0.29) is 12.1 Å². The average Bonchev–Trinajstić information content (AvgIpc) is 2.05. The lowest BCUT2D eigenvalue weighted by molar-refractivity contribution is 0.354. The normalized spacial score (nSPS) is 45.7. The number of hydrogen-bond acceptors (Lipinski definition) is 2. The molecule has 2 heteroatoms. The van der Waals surface area contributed by atoms with Gasteiger partial charge in [-0.15, -0.1) is 0 Å². The number of rotatable bonds is 0. The lowest BCUT2D eigenvalue weighted by Gasteiger charge is -2.42. The highest BCUT2D eigenvalue weighted by atomic mass is 14.8. The van der Waals surface area contributed by atoms with E-state index in [1.165, 1.54) is 11.1 Å². The minimum Gasteiger partial charge on any atom is -0.326 e. The SMILES string of the molecule is CC1=C(C)C2C=CC1C(N)C2N. The predicted molar refractivity (Wildman–Crippen MR) is 50.4 cm³/mol. The van der Waals surface area contributed by atoms with E-state index in [2.05, 4.69) is 26.0 Å². The Balaban J connectivity index is 2.45. The summed E-state index contributed by atoms with van der Waals surface area (Å²) in [5.74, 6) is 0.787. The van der Waals surface area contributed by atoms with Gasteiger partial charge in [0.05, 0.1) is 0 Å². The van der Waals surface area contributed by atoms with Crippen molar-refractivity contribution >= 4 is 0 Å². The fourth-order valence-corrected chi connectivity index (χ4v) is 2.37. The highest BCUT2D eigenvalue weighted by molar-refractivity contribution is 5.36. The highest BCUT2D eigenvalue weighted by Crippen LogP contribution is 2.38. The number of nitrogens with two attached hydrogens (primary N) is 2. The highest BCUT2D eigenvalue weighted by Gasteiger charge is 2.38. The second kappa shape index (κ2) is 2.44. The van der Waals surface area contributed by atoms with Crippen molar-refractivity contribution in [1.29, 1.82) is 0 Å². The smallest absolute Gasteiger partial charge is 0.0302 e. The summed E-state index contributed by atoms with van der Waals surface area (Å²) in [6.07, 6.45) is 4.42. The first kappa shape index (κ1) is 8.02. The maximum absolute atomic E-state index is 6.01. The topological polar surface area (TPSA) is 52.0 Å². The lowest BCUT2D eigenvalue weighted by Crippen LogP contribution is -2.55. The molecule has 4 unspecified atom stereocenters. The van der Waals surface area contributed by atoms with Gasteiger partial charge in [-0.2, -0.15) is 0 Å². The molecule has 12 heavy (non-hydrogen) atoms. The molecule has 0 aromatic rings. The van der Waals surface area contributed by atoms with Gasteiger partial charge in [0.1, 0.15) is 0 Å². The van der Waals surface area contributed by atoms with Crippen LogP contribution in [-0.2, 0) is 0 Å². The van der Waals surface area contributed by atoms with Crippen molar-refractivity contribution in [3.8, 4) is 0 Å². The first-order valence-corrected chi connectivity index (χ1v) is 4.49. The average molecular weight is 164 g/mol. The molecule has 0 fully saturated rings. The van der Waals surface area contributed by atoms with Crippen molar-refractivity contribution in [2.75, 3.05) is 0 Å². The molecule has 2 nitrogen and oxygen atoms in total. The van der Waals surface area contributed by atoms with Gasteiger partial charge in [-0.1, -0.05) is 23.3 Å². The van der Waals surface area contributed by atoms with Crippen LogP contribution in [0.15, 0.2) is 23.3 Å². The van der Waals surface area contributed by atoms with E-state index in [1.54, 1.807) is 0 Å². The summed E-state index contributed by atoms with van der Waals surface area (Å²) < 4.78 is 0. The summed E-state index contributed by atoms with van der Waals surface area (Å²) in [6, 6.07) is 0.257. The van der Waals surface area contributed by atoms with Crippen molar-refractivity contribution in [2.45, 2.75) is 25.9 Å². The third-order valence-corrected chi connectivity index (χ3v) is 3.42. The molecule has 4 atom stereocenters. The van der Waals surface area contributed by atoms with E-state index in [1.807, 2.05) is 0 Å². The minimum atomic E-state index is 0.128. The fraction of sp³-hybridized carbons (Fsp3) is 0.600. The van der Waals surface area contributed by atoms with Gasteiger partial charge in [0, 0.05) is 23.9 Å². The molecule has 4 N–H and O–H groups in total. The third-order valence-electron chi connectivity index (χ3n) is 3.42. The molecule has 3 rings (SSSR count). The van der Waals surface area contributed by atoms with E-state index in [4.69, 9.17) is 11.5 Å². The molecule has 3 aliphatic carbocycles. The summed E-state index contributed by atoms with van der Waals surface area (Å²) in [5.41, 5.74) is 14.9. The van der Waals surface area contributed by atoms with Crippen LogP contribution in [-0.4, -0.2) is 12.1 Å². The van der Waals surface area contributed by atoms with E-state index in [0.717, 1.165) is 0 Å². The first-order chi connectivity index (χ1) is 5.63. The lowest BCUT2D eigenvalue weighted by atomic mass is 9.67. The second-order valence-corrected chi connectivity index (χ2v) is 3.96. The Bertz CT molecular complexity index is 239. The van der Waals surface area contributed by atoms with Gasteiger partial charge in [0.25, 0.3) is 0 Å². The van der Waals surface area contributed by atoms with E-state index < -0.39 is 0 Å². The van der Waals surface area contributed by atoms with E-state index >= 15 is 0 Å². The molecule has 0 saturated heterocycles. The van der Waals surface area contributed by atoms with Crippen LogP contribution in [0, 0.1) is 11.8 Å². The van der Waals surface area contributed by atoms with E-state index in [0.29, 0.717) is 11.8 Å². The maximum Gasteiger partial charge on any atom is 0.0302 e. The molecule has 0 amide bonds. The molecule has 0 spiro atoms. The van der Waals surface area contributed by atoms with Gasteiger partial charge < -0.3 is 11.5 Å². The predicted octanol–water partition coefficient (Wildman–Crippen LogP) is 0.793. The second-order valence-electron chi connectivity index (χ2n) is 3.96. The molecule has 0 aromatic carbocycles. The van der Waals surface area contributed by atoms with Gasteiger partial charge in [-0.3, -0.25) is 0 Å². The quantitative estimate of drug-likeness (QED) is 0.520. The van der Waals surface area contributed by atoms with Gasteiger partial charge in [0.2, 0.25) is 0 Å². The van der Waals surface area contributed by atoms with Crippen LogP contribution in [0.2, 0.25) is 0 Å². The number of fused-ring (bicyclic) bond motifs is 1. The molecule has 0 aromatic heterocycles. The molecule has 0 saturated carbocycles. The van der Waals surface area contributed by atoms with Crippen molar-refractivity contribution in [3.05, 3.63) is 23.3 Å². The molecule has 3 aliphatic rings. The fourth-order valence-electron chi connectivity index (χ4n) is 2.37. The van der Waals surface area contributed by atoms with Gasteiger partial charge in [-0.05, 0) is 13.8 Å². The first-order valence-electron chi connectivity index (χ1n) is 4.49. The molecule has 0 aliphatic heterocycles. The number of hydrogen-bond donors (Lipinski definition) is 2. The molecule has 0 radical (unpaired) electrons. The molecule has 0 heterocycles. The Labute approximate surface area is 73.3 Å². The zero-order chi connectivity index (χ0) is 8.88. The van der Waals surface area contributed by atoms with Gasteiger partial charge in [-0.25, -0.2) is 0 Å². The zero-order valence-corrected chi connectivity index (χ0v) is 7.62. The van der Waals surface area contributed by atoms with Crippen molar-refractivity contribution in [2.24, 2.45) is 23.3 Å². The summed E-state index contributed by atoms with van der Waals surface area (Å²) >= 11 is 0. The summed E-state index contributed by atoms with van der Waals surface area (Å²) in [5, 5.41) is 0. The Morgan fingerprint density at radius 2 is 1.25 bits per heavy atom. The van der Waals surface area contributed by atoms with Crippen LogP contribution in [0.3, 0.4) is 0 Å². The minimum absolute atomic E-state index is 0.128. The van der Waals surface area contributed by atoms with Crippen molar-refractivity contribution < 1.29 is 0 Å². The molecule has 2 bridgehead atoms. The summed E-state index contributed by atoms with van der Waals surface area (Å²) in [7, 11) is 0. The monoisotopic (exact) mass is 164 g/mol. The molecular weight excluding hydrogens is 148 g/mol. The van der Waals surface area contributed by atoms with Crippen molar-refractivity contribution in [3.63, 3.8) is 0 Å². The van der Waals surface area contributed by atoms with Crippen LogP contribution in [0.1, 0.15) is 13.8 Å². The van der Waals surface area contributed by atoms with Crippen LogP contribution in [0.25, 0.3) is 0 Å². The summed E-state index contributed by atoms with van der Waals surface area (Å²) in [6.45, 7) is 4.34. The van der Waals surface area contributed by atoms with E-state index in [9.17, 15) is 0 Å². The molecular formula is C10H16N2. The maximum atomic E-state index is 6.01. The largest absolute Gasteiger partial charge is 0.326 e. The van der Waals surface area contributed by atoms with Crippen LogP contribution in [0.4, 0.5) is 0 Å². The standard InChI is InChI=1S/C10H16N2/c1-5-6(2)8-4-3-7(5)9(11)10(8)12/h3-4,7-10H,11-12H2,1-2H3. The Morgan fingerprint density at radius 3 is 1.58 bits per heavy atom. The molecule has 66 valence electrons. The van der Waals surface area contributed by atoms with Crippen molar-refractivity contribution in [1.82, 2.24) is 0 Å². The Hall–Kier alpha value is -0.600. The van der Waals surface area contributed by atoms with Crippen LogP contribution in [0.5, 0.6) is 0 Å². The van der Waals surface area contributed by atoms with Gasteiger partial charge in [0.15, 0.2) is 0 Å². The third kappa shape index (κ3) is 0.822. The van der Waals surface area contributed by atoms with Gasteiger partial charge >= 0.3 is 0 Å². The zero-order valence-electron chi connectivity index (χ0n) is 7.62. The van der Waals surface area contributed by atoms with Crippen LogP contribution < -0.4 is 11.5 Å².